The van der Waals surface area contributed by atoms with Gasteiger partial charge in [0.25, 0.3) is 0 Å². The van der Waals surface area contributed by atoms with Crippen molar-refractivity contribution in [3.63, 3.8) is 0 Å². The van der Waals surface area contributed by atoms with Crippen LogP contribution in [0.4, 0.5) is 0 Å². The Bertz CT molecular complexity index is 482. The molecule has 4 nitrogen and oxygen atoms in total. The molecule has 1 aromatic heterocycles. The maximum absolute atomic E-state index is 5.63. The summed E-state index contributed by atoms with van der Waals surface area (Å²) in [6, 6.07) is 7.55. The largest absolute Gasteiger partial charge is 0.497 e. The second-order valence-corrected chi connectivity index (χ2v) is 4.90. The molecule has 0 fully saturated rings. The molecular weight excluding hydrogens is 248 g/mol. The molecule has 0 aliphatic heterocycles. The maximum atomic E-state index is 5.63. The molecule has 0 unspecified atom stereocenters. The molecular formula is C13H16N2O2S. The summed E-state index contributed by atoms with van der Waals surface area (Å²) in [7, 11) is 1.65. The highest BCUT2D eigenvalue weighted by Gasteiger charge is 2.01. The van der Waals surface area contributed by atoms with E-state index in [0.717, 1.165) is 27.8 Å². The predicted octanol–water partition coefficient (Wildman–Crippen LogP) is 2.23. The van der Waals surface area contributed by atoms with Crippen molar-refractivity contribution in [3.8, 4) is 11.5 Å². The molecule has 0 bridgehead atoms. The van der Waals surface area contributed by atoms with Gasteiger partial charge in [-0.05, 0) is 24.3 Å². The van der Waals surface area contributed by atoms with Crippen LogP contribution >= 0.6 is 11.3 Å². The molecule has 2 N–H and O–H groups in total. The van der Waals surface area contributed by atoms with Crippen molar-refractivity contribution in [2.24, 2.45) is 5.73 Å². The average Bonchev–Trinajstić information content (AvgIpc) is 2.87. The Balaban J connectivity index is 1.80. The summed E-state index contributed by atoms with van der Waals surface area (Å²) in [5, 5.41) is 1.06. The lowest BCUT2D eigenvalue weighted by Gasteiger charge is -2.05. The van der Waals surface area contributed by atoms with E-state index in [-0.39, 0.29) is 0 Å². The number of ether oxygens (including phenoxy) is 2. The minimum atomic E-state index is 0.553. The monoisotopic (exact) mass is 264 g/mol. The fourth-order valence-electron chi connectivity index (χ4n) is 1.49. The Morgan fingerprint density at radius 1 is 1.22 bits per heavy atom. The Kier molecular flexibility index (Phi) is 4.55. The Hall–Kier alpha value is -1.59. The number of methoxy groups -OCH3 is 1. The van der Waals surface area contributed by atoms with Crippen molar-refractivity contribution < 1.29 is 9.47 Å². The van der Waals surface area contributed by atoms with Crippen molar-refractivity contribution in [2.45, 2.75) is 13.0 Å². The summed E-state index contributed by atoms with van der Waals surface area (Å²) in [5.41, 5.74) is 5.54. The topological polar surface area (TPSA) is 57.4 Å². The number of aromatic nitrogens is 1. The number of hydrogen-bond donors (Lipinski definition) is 1. The molecule has 0 aliphatic carbocycles. The van der Waals surface area contributed by atoms with E-state index in [1.54, 1.807) is 18.4 Å². The van der Waals surface area contributed by atoms with Gasteiger partial charge in [-0.1, -0.05) is 0 Å². The van der Waals surface area contributed by atoms with Gasteiger partial charge in [-0.3, -0.25) is 0 Å². The van der Waals surface area contributed by atoms with E-state index in [1.807, 2.05) is 30.5 Å². The number of nitrogens with zero attached hydrogens (tertiary/aromatic N) is 1. The van der Waals surface area contributed by atoms with Gasteiger partial charge in [0.2, 0.25) is 0 Å². The zero-order valence-electron chi connectivity index (χ0n) is 10.3. The highest BCUT2D eigenvalue weighted by molar-refractivity contribution is 7.11. The summed E-state index contributed by atoms with van der Waals surface area (Å²) < 4.78 is 10.7. The number of hydrogen-bond acceptors (Lipinski definition) is 5. The van der Waals surface area contributed by atoms with E-state index < -0.39 is 0 Å². The molecule has 18 heavy (non-hydrogen) atoms. The molecule has 0 saturated heterocycles. The molecule has 0 aliphatic rings. The summed E-state index contributed by atoms with van der Waals surface area (Å²) in [5.74, 6) is 1.67. The highest BCUT2D eigenvalue weighted by atomic mass is 32.1. The molecule has 2 aromatic rings. The predicted molar refractivity (Wildman–Crippen MR) is 72.2 cm³/mol. The number of benzene rings is 1. The van der Waals surface area contributed by atoms with Crippen LogP contribution in [0.15, 0.2) is 30.5 Å². The first-order valence-electron chi connectivity index (χ1n) is 5.72. The van der Waals surface area contributed by atoms with E-state index >= 15 is 0 Å². The third kappa shape index (κ3) is 3.45. The van der Waals surface area contributed by atoms with E-state index in [9.17, 15) is 0 Å². The molecule has 0 spiro atoms. The molecule has 0 saturated carbocycles. The van der Waals surface area contributed by atoms with Gasteiger partial charge >= 0.3 is 0 Å². The summed E-state index contributed by atoms with van der Waals surface area (Å²) >= 11 is 1.64. The lowest BCUT2D eigenvalue weighted by molar-refractivity contribution is 0.321. The van der Waals surface area contributed by atoms with Crippen LogP contribution in [0.25, 0.3) is 0 Å². The van der Waals surface area contributed by atoms with E-state index in [1.165, 1.54) is 0 Å². The molecule has 1 heterocycles. The second-order valence-electron chi connectivity index (χ2n) is 3.70. The van der Waals surface area contributed by atoms with Gasteiger partial charge in [0.1, 0.15) is 11.5 Å². The van der Waals surface area contributed by atoms with Crippen molar-refractivity contribution in [3.05, 3.63) is 40.3 Å². The van der Waals surface area contributed by atoms with Crippen molar-refractivity contribution in [1.82, 2.24) is 4.98 Å². The minimum absolute atomic E-state index is 0.553. The fraction of sp³-hybridized carbons (Fsp3) is 0.308. The van der Waals surface area contributed by atoms with Crippen molar-refractivity contribution >= 4 is 11.3 Å². The third-order valence-electron chi connectivity index (χ3n) is 2.45. The molecule has 2 rings (SSSR count). The van der Waals surface area contributed by atoms with Crippen molar-refractivity contribution in [1.29, 1.82) is 0 Å². The second kappa shape index (κ2) is 6.37. The van der Waals surface area contributed by atoms with Crippen LogP contribution in [-0.2, 0) is 13.0 Å². The van der Waals surface area contributed by atoms with Crippen LogP contribution in [0.2, 0.25) is 0 Å². The minimum Gasteiger partial charge on any atom is -0.497 e. The third-order valence-corrected chi connectivity index (χ3v) is 3.53. The zero-order chi connectivity index (χ0) is 12.8. The van der Waals surface area contributed by atoms with Crippen LogP contribution in [0.5, 0.6) is 11.5 Å². The Morgan fingerprint density at radius 3 is 2.56 bits per heavy atom. The SMILES string of the molecule is COc1ccc(OCCc2ncc(CN)s2)cc1. The molecule has 1 aromatic carbocycles. The van der Waals surface area contributed by atoms with E-state index in [0.29, 0.717) is 13.2 Å². The summed E-state index contributed by atoms with van der Waals surface area (Å²) in [4.78, 5) is 5.39. The first-order valence-corrected chi connectivity index (χ1v) is 6.54. The fourth-order valence-corrected chi connectivity index (χ4v) is 2.27. The number of thiazole rings is 1. The maximum Gasteiger partial charge on any atom is 0.119 e. The Labute approximate surface area is 110 Å². The lowest BCUT2D eigenvalue weighted by Crippen LogP contribution is -2.00. The standard InChI is InChI=1S/C13H16N2O2S/c1-16-10-2-4-11(5-3-10)17-7-6-13-15-9-12(8-14)18-13/h2-5,9H,6-8,14H2,1H3. The molecule has 0 amide bonds. The number of nitrogens with two attached hydrogens (primary N) is 1. The van der Waals surface area contributed by atoms with Gasteiger partial charge in [-0.2, -0.15) is 0 Å². The van der Waals surface area contributed by atoms with Crippen LogP contribution in [0.1, 0.15) is 9.88 Å². The highest BCUT2D eigenvalue weighted by Crippen LogP contribution is 2.18. The van der Waals surface area contributed by atoms with Crippen LogP contribution < -0.4 is 15.2 Å². The van der Waals surface area contributed by atoms with Crippen LogP contribution in [-0.4, -0.2) is 18.7 Å². The first kappa shape index (κ1) is 12.9. The van der Waals surface area contributed by atoms with Gasteiger partial charge in [0.05, 0.1) is 18.7 Å². The average molecular weight is 264 g/mol. The van der Waals surface area contributed by atoms with Gasteiger partial charge in [0.15, 0.2) is 0 Å². The summed E-state index contributed by atoms with van der Waals surface area (Å²) in [6.07, 6.45) is 2.63. The molecule has 0 radical (unpaired) electrons. The van der Waals surface area contributed by atoms with Crippen LogP contribution in [0, 0.1) is 0 Å². The normalized spacial score (nSPS) is 10.3. The summed E-state index contributed by atoms with van der Waals surface area (Å²) in [6.45, 7) is 1.17. The molecule has 5 heteroatoms. The molecule has 0 atom stereocenters. The quantitative estimate of drug-likeness (QED) is 0.869. The van der Waals surface area contributed by atoms with Gasteiger partial charge in [0, 0.05) is 24.0 Å². The van der Waals surface area contributed by atoms with Crippen molar-refractivity contribution in [2.75, 3.05) is 13.7 Å². The van der Waals surface area contributed by atoms with Crippen LogP contribution in [0.3, 0.4) is 0 Å². The first-order chi connectivity index (χ1) is 8.81. The van der Waals surface area contributed by atoms with Gasteiger partial charge in [-0.25, -0.2) is 4.98 Å². The number of rotatable bonds is 6. The van der Waals surface area contributed by atoms with Gasteiger partial charge < -0.3 is 15.2 Å². The van der Waals surface area contributed by atoms with E-state index in [2.05, 4.69) is 4.98 Å². The van der Waals surface area contributed by atoms with Gasteiger partial charge in [-0.15, -0.1) is 11.3 Å². The smallest absolute Gasteiger partial charge is 0.119 e. The van der Waals surface area contributed by atoms with E-state index in [4.69, 9.17) is 15.2 Å². The molecule has 96 valence electrons. The lowest BCUT2D eigenvalue weighted by atomic mass is 10.3. The zero-order valence-corrected chi connectivity index (χ0v) is 11.1. The Morgan fingerprint density at radius 2 is 1.94 bits per heavy atom.